The van der Waals surface area contributed by atoms with Crippen LogP contribution in [0, 0.1) is 5.92 Å². The Morgan fingerprint density at radius 1 is 1.10 bits per heavy atom. The van der Waals surface area contributed by atoms with E-state index in [1.165, 1.54) is 12.8 Å². The number of methoxy groups -OCH3 is 1. The number of carbonyl (C=O) groups is 1. The molecule has 1 N–H and O–H groups in total. The van der Waals surface area contributed by atoms with E-state index >= 15 is 0 Å². The Kier molecular flexibility index (Phi) is 6.07. The number of allylic oxidation sites excluding steroid dienone is 3. The minimum Gasteiger partial charge on any atom is -0.376 e. The third-order valence-corrected chi connectivity index (χ3v) is 7.00. The van der Waals surface area contributed by atoms with Crippen molar-refractivity contribution in [3.8, 4) is 0 Å². The number of hydrogen-bond acceptors (Lipinski definition) is 3. The van der Waals surface area contributed by atoms with E-state index in [-0.39, 0.29) is 29.5 Å². The first-order valence-electron chi connectivity index (χ1n) is 10.9. The van der Waals surface area contributed by atoms with E-state index in [9.17, 15) is 4.79 Å². The molecule has 0 heterocycles. The van der Waals surface area contributed by atoms with Gasteiger partial charge in [0.05, 0.1) is 12.1 Å². The van der Waals surface area contributed by atoms with Gasteiger partial charge in [0.15, 0.2) is 0 Å². The summed E-state index contributed by atoms with van der Waals surface area (Å²) >= 11 is 0. The van der Waals surface area contributed by atoms with Gasteiger partial charge in [-0.1, -0.05) is 79.6 Å². The first kappa shape index (κ1) is 20.8. The smallest absolute Gasteiger partial charge is 0.252 e. The van der Waals surface area contributed by atoms with Gasteiger partial charge >= 0.3 is 0 Å². The average molecular weight is 405 g/mol. The van der Waals surface area contributed by atoms with E-state index in [1.54, 1.807) is 7.11 Å². The maximum Gasteiger partial charge on any atom is 0.252 e. The molecule has 0 aromatic heterocycles. The SMILES string of the molecule is COC1C=CC(C(=O)NC(c2ccccc2)C2(N(C)C)CCCC2)=C2C=CC=CC21. The Bertz CT molecular complexity index is 889. The van der Waals surface area contributed by atoms with Crippen LogP contribution < -0.4 is 5.32 Å². The van der Waals surface area contributed by atoms with Crippen molar-refractivity contribution in [3.63, 3.8) is 0 Å². The molecule has 4 rings (SSSR count). The zero-order valence-electron chi connectivity index (χ0n) is 18.2. The van der Waals surface area contributed by atoms with Crippen LogP contribution in [0.3, 0.4) is 0 Å². The molecule has 3 aliphatic carbocycles. The zero-order chi connectivity index (χ0) is 21.1. The number of fused-ring (bicyclic) bond motifs is 1. The predicted molar refractivity (Wildman–Crippen MR) is 121 cm³/mol. The van der Waals surface area contributed by atoms with Crippen molar-refractivity contribution in [3.05, 3.63) is 83.5 Å². The predicted octanol–water partition coefficient (Wildman–Crippen LogP) is 4.34. The fourth-order valence-corrected chi connectivity index (χ4v) is 5.32. The van der Waals surface area contributed by atoms with Crippen LogP contribution in [0.15, 0.2) is 77.9 Å². The molecule has 1 aromatic rings. The summed E-state index contributed by atoms with van der Waals surface area (Å²) in [5.41, 5.74) is 2.86. The number of ether oxygens (including phenoxy) is 1. The van der Waals surface area contributed by atoms with Gasteiger partial charge in [-0.25, -0.2) is 0 Å². The highest BCUT2D eigenvalue weighted by Crippen LogP contribution is 2.44. The van der Waals surface area contributed by atoms with Gasteiger partial charge in [-0.3, -0.25) is 4.79 Å². The van der Waals surface area contributed by atoms with E-state index in [4.69, 9.17) is 4.74 Å². The Balaban J connectivity index is 1.69. The monoisotopic (exact) mass is 404 g/mol. The number of likely N-dealkylation sites (N-methyl/N-ethyl adjacent to an activating group) is 1. The van der Waals surface area contributed by atoms with Crippen molar-refractivity contribution >= 4 is 5.91 Å². The lowest BCUT2D eigenvalue weighted by Crippen LogP contribution is -2.53. The van der Waals surface area contributed by atoms with Crippen LogP contribution in [0.25, 0.3) is 0 Å². The van der Waals surface area contributed by atoms with E-state index in [0.29, 0.717) is 0 Å². The van der Waals surface area contributed by atoms with E-state index in [1.807, 2.05) is 36.4 Å². The van der Waals surface area contributed by atoms with Gasteiger partial charge in [0.1, 0.15) is 0 Å². The molecule has 1 fully saturated rings. The van der Waals surface area contributed by atoms with Gasteiger partial charge in [-0.15, -0.1) is 0 Å². The summed E-state index contributed by atoms with van der Waals surface area (Å²) in [6, 6.07) is 10.4. The molecule has 3 atom stereocenters. The number of nitrogens with zero attached hydrogens (tertiary/aromatic N) is 1. The van der Waals surface area contributed by atoms with Crippen LogP contribution in [0.1, 0.15) is 37.3 Å². The Labute approximate surface area is 180 Å². The average Bonchev–Trinajstić information content (AvgIpc) is 3.28. The molecule has 0 aliphatic heterocycles. The largest absolute Gasteiger partial charge is 0.376 e. The highest BCUT2D eigenvalue weighted by Gasteiger charge is 2.45. The third-order valence-electron chi connectivity index (χ3n) is 7.00. The lowest BCUT2D eigenvalue weighted by Gasteiger charge is -2.44. The van der Waals surface area contributed by atoms with Gasteiger partial charge in [-0.2, -0.15) is 0 Å². The number of amides is 1. The normalized spacial score (nSPS) is 25.5. The lowest BCUT2D eigenvalue weighted by molar-refractivity contribution is -0.119. The van der Waals surface area contributed by atoms with Gasteiger partial charge in [0.25, 0.3) is 5.91 Å². The quantitative estimate of drug-likeness (QED) is 0.767. The van der Waals surface area contributed by atoms with Crippen LogP contribution in [-0.2, 0) is 9.53 Å². The number of nitrogens with one attached hydrogen (secondary N) is 1. The van der Waals surface area contributed by atoms with Crippen molar-refractivity contribution in [2.24, 2.45) is 5.92 Å². The molecule has 4 nitrogen and oxygen atoms in total. The summed E-state index contributed by atoms with van der Waals surface area (Å²) in [5.74, 6) is 0.0675. The van der Waals surface area contributed by atoms with Crippen LogP contribution in [-0.4, -0.2) is 43.7 Å². The molecule has 0 bridgehead atoms. The maximum absolute atomic E-state index is 13.6. The molecule has 4 heteroatoms. The Morgan fingerprint density at radius 2 is 1.83 bits per heavy atom. The topological polar surface area (TPSA) is 41.6 Å². The van der Waals surface area contributed by atoms with Crippen LogP contribution >= 0.6 is 0 Å². The molecule has 1 amide bonds. The lowest BCUT2D eigenvalue weighted by atomic mass is 9.80. The minimum absolute atomic E-state index is 0.0114. The Morgan fingerprint density at radius 3 is 2.50 bits per heavy atom. The summed E-state index contributed by atoms with van der Waals surface area (Å²) in [7, 11) is 6.00. The Hall–Kier alpha value is -2.43. The van der Waals surface area contributed by atoms with Crippen LogP contribution in [0.4, 0.5) is 0 Å². The van der Waals surface area contributed by atoms with Crippen molar-refractivity contribution in [1.29, 1.82) is 0 Å². The second-order valence-electron chi connectivity index (χ2n) is 8.72. The van der Waals surface area contributed by atoms with Crippen LogP contribution in [0.5, 0.6) is 0 Å². The van der Waals surface area contributed by atoms with Gasteiger partial charge in [-0.05, 0) is 38.1 Å². The molecular formula is C26H32N2O2. The van der Waals surface area contributed by atoms with Gasteiger partial charge in [0.2, 0.25) is 0 Å². The first-order valence-corrected chi connectivity index (χ1v) is 10.9. The van der Waals surface area contributed by atoms with Crippen molar-refractivity contribution in [1.82, 2.24) is 10.2 Å². The number of benzene rings is 1. The molecule has 3 aliphatic rings. The molecule has 30 heavy (non-hydrogen) atoms. The first-order chi connectivity index (χ1) is 14.6. The van der Waals surface area contributed by atoms with Gasteiger partial charge in [0, 0.05) is 24.1 Å². The molecule has 1 saturated carbocycles. The van der Waals surface area contributed by atoms with E-state index < -0.39 is 0 Å². The third kappa shape index (κ3) is 3.70. The highest BCUT2D eigenvalue weighted by atomic mass is 16.5. The zero-order valence-corrected chi connectivity index (χ0v) is 18.2. The molecule has 0 saturated heterocycles. The summed E-state index contributed by atoms with van der Waals surface area (Å²) < 4.78 is 5.62. The van der Waals surface area contributed by atoms with E-state index in [0.717, 1.165) is 29.6 Å². The van der Waals surface area contributed by atoms with Gasteiger partial charge < -0.3 is 15.0 Å². The summed E-state index contributed by atoms with van der Waals surface area (Å²) in [5, 5.41) is 3.44. The molecular weight excluding hydrogens is 372 g/mol. The fourth-order valence-electron chi connectivity index (χ4n) is 5.32. The summed E-state index contributed by atoms with van der Waals surface area (Å²) in [6.45, 7) is 0. The molecule has 0 radical (unpaired) electrons. The number of hydrogen-bond donors (Lipinski definition) is 1. The number of carbonyl (C=O) groups excluding carboxylic acids is 1. The maximum atomic E-state index is 13.6. The highest BCUT2D eigenvalue weighted by molar-refractivity contribution is 5.98. The van der Waals surface area contributed by atoms with E-state index in [2.05, 4.69) is 54.7 Å². The minimum atomic E-state index is -0.0720. The molecule has 158 valence electrons. The molecule has 1 aromatic carbocycles. The second-order valence-corrected chi connectivity index (χ2v) is 8.72. The van der Waals surface area contributed by atoms with Crippen LogP contribution in [0.2, 0.25) is 0 Å². The summed E-state index contributed by atoms with van der Waals surface area (Å²) in [6.07, 6.45) is 16.6. The number of rotatable bonds is 6. The van der Waals surface area contributed by atoms with Crippen molar-refractivity contribution in [2.75, 3.05) is 21.2 Å². The second kappa shape index (κ2) is 8.75. The molecule has 3 unspecified atom stereocenters. The van der Waals surface area contributed by atoms with Crippen molar-refractivity contribution < 1.29 is 9.53 Å². The van der Waals surface area contributed by atoms with Crippen molar-refractivity contribution in [2.45, 2.75) is 43.4 Å². The standard InChI is InChI=1S/C26H32N2O2/c1-28(2)26(17-9-10-18-26)24(19-11-5-4-6-12-19)27-25(29)22-15-16-23(30-3)21-14-8-7-13-20(21)22/h4-8,11-16,21,23-24H,9-10,17-18H2,1-3H3,(H,27,29). The summed E-state index contributed by atoms with van der Waals surface area (Å²) in [4.78, 5) is 15.9. The molecule has 0 spiro atoms. The fraction of sp³-hybridized carbons (Fsp3) is 0.423.